The summed E-state index contributed by atoms with van der Waals surface area (Å²) in [6.07, 6.45) is 0.687. The molecule has 24 heavy (non-hydrogen) atoms. The van der Waals surface area contributed by atoms with E-state index < -0.39 is 0 Å². The highest BCUT2D eigenvalue weighted by molar-refractivity contribution is 7.50. The molecular formula is C20H15Cl2OS+. The number of benzene rings is 3. The van der Waals surface area contributed by atoms with Crippen molar-refractivity contribution in [3.05, 3.63) is 76.3 Å². The average Bonchev–Trinajstić information content (AvgIpc) is 2.89. The number of thiophene rings is 1. The lowest BCUT2D eigenvalue weighted by atomic mass is 10.1. The van der Waals surface area contributed by atoms with Gasteiger partial charge in [0.2, 0.25) is 0 Å². The molecule has 1 nitrogen and oxygen atoms in total. The van der Waals surface area contributed by atoms with E-state index in [9.17, 15) is 0 Å². The molecule has 3 aromatic carbocycles. The fourth-order valence-electron chi connectivity index (χ4n) is 3.08. The Morgan fingerprint density at radius 2 is 1.29 bits per heavy atom. The van der Waals surface area contributed by atoms with Crippen LogP contribution in [0.25, 0.3) is 25.1 Å². The first-order valence-corrected chi connectivity index (χ1v) is 9.69. The molecule has 4 aromatic rings. The highest BCUT2D eigenvalue weighted by atomic mass is 35.5. The predicted molar refractivity (Wildman–Crippen MR) is 106 cm³/mol. The quantitative estimate of drug-likeness (QED) is 0.402. The van der Waals surface area contributed by atoms with Crippen LogP contribution in [0.1, 0.15) is 5.56 Å². The third-order valence-electron chi connectivity index (χ3n) is 4.17. The van der Waals surface area contributed by atoms with Gasteiger partial charge in [-0.15, -0.1) is 0 Å². The van der Waals surface area contributed by atoms with Gasteiger partial charge in [0, 0.05) is 50.0 Å². The fourth-order valence-corrected chi connectivity index (χ4v) is 5.76. The molecule has 120 valence electrons. The van der Waals surface area contributed by atoms with E-state index in [0.29, 0.717) is 6.42 Å². The van der Waals surface area contributed by atoms with Gasteiger partial charge in [-0.05, 0) is 48.4 Å². The van der Waals surface area contributed by atoms with Crippen molar-refractivity contribution in [2.45, 2.75) is 6.42 Å². The second-order valence-electron chi connectivity index (χ2n) is 5.70. The lowest BCUT2D eigenvalue weighted by Gasteiger charge is -1.98. The van der Waals surface area contributed by atoms with Gasteiger partial charge in [0.15, 0.2) is 14.3 Å². The molecule has 0 radical (unpaired) electrons. The third-order valence-corrected chi connectivity index (χ3v) is 6.98. The van der Waals surface area contributed by atoms with Crippen molar-refractivity contribution in [3.63, 3.8) is 0 Å². The van der Waals surface area contributed by atoms with Crippen molar-refractivity contribution in [2.24, 2.45) is 0 Å². The molecule has 0 atom stereocenters. The second-order valence-corrected chi connectivity index (χ2v) is 8.54. The molecule has 0 aliphatic heterocycles. The Kier molecular flexibility index (Phi) is 4.23. The number of aliphatic hydroxyl groups excluding tert-OH is 1. The minimum absolute atomic E-state index is 0.149. The summed E-state index contributed by atoms with van der Waals surface area (Å²) in [6, 6.07) is 20.7. The molecule has 4 heteroatoms. The number of hydrogen-bond acceptors (Lipinski definition) is 1. The molecule has 1 N–H and O–H groups in total. The third kappa shape index (κ3) is 2.70. The van der Waals surface area contributed by atoms with Crippen molar-refractivity contribution < 1.29 is 5.11 Å². The maximum Gasteiger partial charge on any atom is 0.187 e. The highest BCUT2D eigenvalue weighted by Gasteiger charge is 2.24. The van der Waals surface area contributed by atoms with Gasteiger partial charge < -0.3 is 5.11 Å². The number of hydrogen-bond donors (Lipinski definition) is 1. The average molecular weight is 374 g/mol. The van der Waals surface area contributed by atoms with Crippen LogP contribution >= 0.6 is 33.7 Å². The Bertz CT molecular complexity index is 976. The van der Waals surface area contributed by atoms with Crippen molar-refractivity contribution in [1.29, 1.82) is 0 Å². The van der Waals surface area contributed by atoms with Gasteiger partial charge in [0.1, 0.15) is 0 Å². The number of halogens is 2. The van der Waals surface area contributed by atoms with Gasteiger partial charge in [-0.1, -0.05) is 35.3 Å². The van der Waals surface area contributed by atoms with Crippen molar-refractivity contribution in [1.82, 2.24) is 0 Å². The molecule has 0 amide bonds. The van der Waals surface area contributed by atoms with E-state index in [1.54, 1.807) is 0 Å². The Labute approximate surface area is 153 Å². The van der Waals surface area contributed by atoms with E-state index in [-0.39, 0.29) is 17.1 Å². The first-order valence-electron chi connectivity index (χ1n) is 7.71. The summed E-state index contributed by atoms with van der Waals surface area (Å²) in [5, 5.41) is 12.9. The zero-order chi connectivity index (χ0) is 16.7. The molecule has 1 aromatic heterocycles. The summed E-state index contributed by atoms with van der Waals surface area (Å²) in [7, 11) is -0.149. The van der Waals surface area contributed by atoms with E-state index in [4.69, 9.17) is 28.3 Å². The molecule has 1 heterocycles. The summed E-state index contributed by atoms with van der Waals surface area (Å²) in [5.74, 6) is 0. The SMILES string of the molecule is OCCc1ccc(-[s+]2c3ccc(Cl)cc3c3cc(Cl)ccc32)cc1. The van der Waals surface area contributed by atoms with Crippen LogP contribution in [0.5, 0.6) is 0 Å². The predicted octanol–water partition coefficient (Wildman–Crippen LogP) is 6.57. The molecule has 0 saturated carbocycles. The van der Waals surface area contributed by atoms with Gasteiger partial charge in [-0.2, -0.15) is 0 Å². The van der Waals surface area contributed by atoms with Crippen LogP contribution in [0.2, 0.25) is 10.0 Å². The summed E-state index contributed by atoms with van der Waals surface area (Å²) in [4.78, 5) is 1.27. The molecule has 0 spiro atoms. The monoisotopic (exact) mass is 373 g/mol. The normalized spacial score (nSPS) is 11.5. The zero-order valence-corrected chi connectivity index (χ0v) is 15.1. The van der Waals surface area contributed by atoms with E-state index >= 15 is 0 Å². The summed E-state index contributed by atoms with van der Waals surface area (Å²) >= 11 is 12.5. The fraction of sp³-hybridized carbons (Fsp3) is 0.100. The van der Waals surface area contributed by atoms with Crippen molar-refractivity contribution >= 4 is 53.8 Å². The molecule has 0 unspecified atom stereocenters. The molecule has 0 aliphatic carbocycles. The Morgan fingerprint density at radius 1 is 0.750 bits per heavy atom. The van der Waals surface area contributed by atoms with Gasteiger partial charge in [-0.25, -0.2) is 0 Å². The molecule has 0 saturated heterocycles. The standard InChI is InChI=1S/C20H15Cl2OS/c21-14-3-7-19-17(11-14)18-12-15(22)4-8-20(18)24(19)16-5-1-13(2-6-16)9-10-23/h1-8,11-12,23H,9-10H2/q+1. The number of fused-ring (bicyclic) bond motifs is 3. The first-order chi connectivity index (χ1) is 11.7. The second kappa shape index (κ2) is 6.38. The minimum atomic E-state index is -0.149. The van der Waals surface area contributed by atoms with E-state index in [0.717, 1.165) is 15.6 Å². The smallest absolute Gasteiger partial charge is 0.187 e. The summed E-state index contributed by atoms with van der Waals surface area (Å²) in [6.45, 7) is 0.174. The van der Waals surface area contributed by atoms with Crippen LogP contribution in [0, 0.1) is 0 Å². The Balaban J connectivity index is 2.02. The molecular weight excluding hydrogens is 359 g/mol. The van der Waals surface area contributed by atoms with Crippen LogP contribution in [-0.4, -0.2) is 11.7 Å². The zero-order valence-electron chi connectivity index (χ0n) is 12.8. The molecule has 0 fully saturated rings. The molecule has 0 bridgehead atoms. The van der Waals surface area contributed by atoms with Gasteiger partial charge in [0.05, 0.1) is 0 Å². The van der Waals surface area contributed by atoms with E-state index in [1.165, 1.54) is 25.1 Å². The van der Waals surface area contributed by atoms with Crippen LogP contribution in [0.15, 0.2) is 60.7 Å². The first kappa shape index (κ1) is 15.9. The van der Waals surface area contributed by atoms with E-state index in [1.807, 2.05) is 24.3 Å². The van der Waals surface area contributed by atoms with Crippen LogP contribution in [0.3, 0.4) is 0 Å². The van der Waals surface area contributed by atoms with Crippen molar-refractivity contribution in [2.75, 3.05) is 6.61 Å². The lowest BCUT2D eigenvalue weighted by molar-refractivity contribution is 0.299. The number of aliphatic hydroxyl groups is 1. The largest absolute Gasteiger partial charge is 0.396 e. The number of rotatable bonds is 3. The maximum absolute atomic E-state index is 9.09. The molecule has 4 rings (SSSR count). The topological polar surface area (TPSA) is 20.2 Å². The Morgan fingerprint density at radius 3 is 1.79 bits per heavy atom. The highest BCUT2D eigenvalue weighted by Crippen LogP contribution is 2.49. The van der Waals surface area contributed by atoms with Gasteiger partial charge in [0.25, 0.3) is 0 Å². The van der Waals surface area contributed by atoms with E-state index in [2.05, 4.69) is 36.4 Å². The van der Waals surface area contributed by atoms with Gasteiger partial charge >= 0.3 is 0 Å². The minimum Gasteiger partial charge on any atom is -0.396 e. The summed E-state index contributed by atoms with van der Waals surface area (Å²) in [5.41, 5.74) is 1.15. The van der Waals surface area contributed by atoms with Crippen LogP contribution in [0.4, 0.5) is 0 Å². The maximum atomic E-state index is 9.09. The van der Waals surface area contributed by atoms with Crippen LogP contribution in [-0.2, 0) is 6.42 Å². The van der Waals surface area contributed by atoms with Gasteiger partial charge in [-0.3, -0.25) is 0 Å². The Hall–Kier alpha value is -1.58. The summed E-state index contributed by atoms with van der Waals surface area (Å²) < 4.78 is 2.57. The van der Waals surface area contributed by atoms with Crippen LogP contribution < -0.4 is 0 Å². The lowest BCUT2D eigenvalue weighted by Crippen LogP contribution is -1.89. The molecule has 0 aliphatic rings. The van der Waals surface area contributed by atoms with Crippen molar-refractivity contribution in [3.8, 4) is 4.90 Å².